The number of alkyl halides is 1. The quantitative estimate of drug-likeness (QED) is 0.751. The number of sulfonamides is 1. The minimum atomic E-state index is -3.10. The first-order valence-corrected chi connectivity index (χ1v) is 7.88. The summed E-state index contributed by atoms with van der Waals surface area (Å²) in [7, 11) is -3.10. The number of rotatable bonds is 6. The van der Waals surface area contributed by atoms with Gasteiger partial charge >= 0.3 is 0 Å². The summed E-state index contributed by atoms with van der Waals surface area (Å²) < 4.78 is 25.8. The molecule has 1 saturated carbocycles. The summed E-state index contributed by atoms with van der Waals surface area (Å²) in [4.78, 5) is 0. The van der Waals surface area contributed by atoms with Gasteiger partial charge in [0.2, 0.25) is 10.0 Å². The molecule has 0 amide bonds. The molecule has 1 unspecified atom stereocenters. The largest absolute Gasteiger partial charge is 0.214 e. The lowest BCUT2D eigenvalue weighted by Crippen LogP contribution is -2.33. The van der Waals surface area contributed by atoms with Crippen LogP contribution in [0.4, 0.5) is 0 Å². The van der Waals surface area contributed by atoms with Gasteiger partial charge in [-0.1, -0.05) is 20.8 Å². The van der Waals surface area contributed by atoms with Gasteiger partial charge in [0.15, 0.2) is 0 Å². The lowest BCUT2D eigenvalue weighted by atomic mass is 9.90. The molecule has 1 aliphatic carbocycles. The lowest BCUT2D eigenvalue weighted by Gasteiger charge is -2.21. The van der Waals surface area contributed by atoms with Crippen molar-refractivity contribution >= 4 is 21.6 Å². The molecule has 1 rings (SSSR count). The molecular formula is C11H22ClNO2S. The lowest BCUT2D eigenvalue weighted by molar-refractivity contribution is 0.369. The Morgan fingerprint density at radius 1 is 1.38 bits per heavy atom. The van der Waals surface area contributed by atoms with Gasteiger partial charge in [0, 0.05) is 11.9 Å². The van der Waals surface area contributed by atoms with Crippen molar-refractivity contribution in [1.29, 1.82) is 0 Å². The SMILES string of the molecule is CC(C)(C)CC(Cl)CNS(=O)(=O)CC1CC1. The third-order valence-corrected chi connectivity index (χ3v) is 4.34. The molecule has 0 aromatic carbocycles. The van der Waals surface area contributed by atoms with Crippen LogP contribution in [0.1, 0.15) is 40.0 Å². The zero-order chi connectivity index (χ0) is 12.4. The minimum absolute atomic E-state index is 0.131. The van der Waals surface area contributed by atoms with E-state index in [-0.39, 0.29) is 16.5 Å². The highest BCUT2D eigenvalue weighted by Crippen LogP contribution is 2.30. The van der Waals surface area contributed by atoms with Gasteiger partial charge in [-0.15, -0.1) is 11.6 Å². The molecule has 0 spiro atoms. The average molecular weight is 268 g/mol. The third-order valence-electron chi connectivity index (χ3n) is 2.51. The van der Waals surface area contributed by atoms with Crippen LogP contribution in [-0.4, -0.2) is 26.1 Å². The van der Waals surface area contributed by atoms with Crippen molar-refractivity contribution in [2.45, 2.75) is 45.4 Å². The van der Waals surface area contributed by atoms with Crippen molar-refractivity contribution < 1.29 is 8.42 Å². The van der Waals surface area contributed by atoms with Crippen LogP contribution in [0.25, 0.3) is 0 Å². The molecule has 0 aromatic heterocycles. The van der Waals surface area contributed by atoms with Crippen LogP contribution in [-0.2, 0) is 10.0 Å². The minimum Gasteiger partial charge on any atom is -0.214 e. The summed E-state index contributed by atoms with van der Waals surface area (Å²) in [6.07, 6.45) is 2.90. The van der Waals surface area contributed by atoms with Gasteiger partial charge in [-0.25, -0.2) is 13.1 Å². The van der Waals surface area contributed by atoms with Crippen molar-refractivity contribution in [2.75, 3.05) is 12.3 Å². The van der Waals surface area contributed by atoms with Crippen molar-refractivity contribution in [2.24, 2.45) is 11.3 Å². The molecule has 0 radical (unpaired) electrons. The molecule has 1 atom stereocenters. The first kappa shape index (κ1) is 14.3. The van der Waals surface area contributed by atoms with Gasteiger partial charge in [0.05, 0.1) is 5.75 Å². The van der Waals surface area contributed by atoms with Gasteiger partial charge in [0.1, 0.15) is 0 Å². The van der Waals surface area contributed by atoms with E-state index in [2.05, 4.69) is 25.5 Å². The van der Waals surface area contributed by atoms with Gasteiger partial charge < -0.3 is 0 Å². The molecule has 0 heterocycles. The van der Waals surface area contributed by atoms with Crippen molar-refractivity contribution in [1.82, 2.24) is 4.72 Å². The zero-order valence-corrected chi connectivity index (χ0v) is 11.9. The maximum absolute atomic E-state index is 11.6. The smallest absolute Gasteiger partial charge is 0.211 e. The summed E-state index contributed by atoms with van der Waals surface area (Å²) in [5.74, 6) is 0.653. The van der Waals surface area contributed by atoms with Gasteiger partial charge in [0.25, 0.3) is 0 Å². The average Bonchev–Trinajstić information content (AvgIpc) is 2.81. The van der Waals surface area contributed by atoms with E-state index in [0.717, 1.165) is 19.3 Å². The first-order chi connectivity index (χ1) is 7.18. The molecule has 1 fully saturated rings. The molecule has 0 aromatic rings. The Morgan fingerprint density at radius 3 is 2.38 bits per heavy atom. The molecule has 3 nitrogen and oxygen atoms in total. The normalized spacial score (nSPS) is 19.8. The molecule has 1 aliphatic rings. The number of hydrogen-bond donors (Lipinski definition) is 1. The summed E-state index contributed by atoms with van der Waals surface area (Å²) in [6, 6.07) is 0. The van der Waals surface area contributed by atoms with E-state index in [1.54, 1.807) is 0 Å². The number of hydrogen-bond acceptors (Lipinski definition) is 2. The standard InChI is InChI=1S/C11H22ClNO2S/c1-11(2,3)6-10(12)7-13-16(14,15)8-9-4-5-9/h9-10,13H,4-8H2,1-3H3. The van der Waals surface area contributed by atoms with Crippen molar-refractivity contribution in [3.63, 3.8) is 0 Å². The summed E-state index contributed by atoms with van der Waals surface area (Å²) >= 11 is 6.10. The van der Waals surface area contributed by atoms with E-state index in [4.69, 9.17) is 11.6 Å². The van der Waals surface area contributed by atoms with Gasteiger partial charge in [-0.05, 0) is 30.6 Å². The van der Waals surface area contributed by atoms with E-state index in [0.29, 0.717) is 12.5 Å². The van der Waals surface area contributed by atoms with E-state index < -0.39 is 10.0 Å². The number of halogens is 1. The maximum atomic E-state index is 11.6. The van der Waals surface area contributed by atoms with Crippen LogP contribution in [0, 0.1) is 11.3 Å². The molecule has 0 saturated heterocycles. The predicted octanol–water partition coefficient (Wildman–Crippen LogP) is 2.36. The fraction of sp³-hybridized carbons (Fsp3) is 1.00. The van der Waals surface area contributed by atoms with Crippen LogP contribution in [0.15, 0.2) is 0 Å². The van der Waals surface area contributed by atoms with Crippen LogP contribution in [0.2, 0.25) is 0 Å². The monoisotopic (exact) mass is 267 g/mol. The van der Waals surface area contributed by atoms with E-state index in [1.807, 2.05) is 0 Å². The maximum Gasteiger partial charge on any atom is 0.211 e. The highest BCUT2D eigenvalue weighted by atomic mass is 35.5. The topological polar surface area (TPSA) is 46.2 Å². The zero-order valence-electron chi connectivity index (χ0n) is 10.3. The number of nitrogens with one attached hydrogen (secondary N) is 1. The van der Waals surface area contributed by atoms with Crippen molar-refractivity contribution in [3.05, 3.63) is 0 Å². The third kappa shape index (κ3) is 6.71. The fourth-order valence-corrected chi connectivity index (χ4v) is 3.77. The van der Waals surface area contributed by atoms with Crippen LogP contribution in [0.5, 0.6) is 0 Å². The van der Waals surface area contributed by atoms with Gasteiger partial charge in [-0.3, -0.25) is 0 Å². The van der Waals surface area contributed by atoms with E-state index in [9.17, 15) is 8.42 Å². The Kier molecular flexibility index (Phi) is 4.66. The Morgan fingerprint density at radius 2 is 1.94 bits per heavy atom. The molecule has 96 valence electrons. The summed E-state index contributed by atoms with van der Waals surface area (Å²) in [5, 5.41) is -0.131. The van der Waals surface area contributed by atoms with Crippen LogP contribution in [0.3, 0.4) is 0 Å². The van der Waals surface area contributed by atoms with Crippen molar-refractivity contribution in [3.8, 4) is 0 Å². The predicted molar refractivity (Wildman–Crippen MR) is 68.2 cm³/mol. The second kappa shape index (κ2) is 5.23. The Bertz CT molecular complexity index is 317. The Labute approximate surface area is 104 Å². The van der Waals surface area contributed by atoms with Crippen LogP contribution >= 0.6 is 11.6 Å². The second-order valence-corrected chi connectivity index (χ2v) is 8.40. The highest BCUT2D eigenvalue weighted by molar-refractivity contribution is 7.89. The molecule has 0 bridgehead atoms. The molecule has 0 aliphatic heterocycles. The molecule has 5 heteroatoms. The molecule has 1 N–H and O–H groups in total. The van der Waals surface area contributed by atoms with Gasteiger partial charge in [-0.2, -0.15) is 0 Å². The fourth-order valence-electron chi connectivity index (χ4n) is 1.61. The molecule has 16 heavy (non-hydrogen) atoms. The second-order valence-electron chi connectivity index (χ2n) is 5.94. The Hall–Kier alpha value is 0.200. The summed E-state index contributed by atoms with van der Waals surface area (Å²) in [5.41, 5.74) is 0.133. The molecular weight excluding hydrogens is 246 g/mol. The summed E-state index contributed by atoms with van der Waals surface area (Å²) in [6.45, 7) is 6.64. The Balaban J connectivity index is 2.27. The van der Waals surface area contributed by atoms with E-state index in [1.165, 1.54) is 0 Å². The van der Waals surface area contributed by atoms with E-state index >= 15 is 0 Å². The van der Waals surface area contributed by atoms with Crippen LogP contribution < -0.4 is 4.72 Å². The highest BCUT2D eigenvalue weighted by Gasteiger charge is 2.28. The first-order valence-electron chi connectivity index (χ1n) is 5.79.